The fourth-order valence-corrected chi connectivity index (χ4v) is 1.54. The molecule has 0 aliphatic carbocycles. The zero-order valence-corrected chi connectivity index (χ0v) is 11.9. The van der Waals surface area contributed by atoms with Crippen molar-refractivity contribution in [2.75, 3.05) is 7.11 Å². The van der Waals surface area contributed by atoms with Crippen LogP contribution in [-0.4, -0.2) is 21.8 Å². The molecular formula is C9H8FNaO4S. The third-order valence-corrected chi connectivity index (χ3v) is 2.54. The number of hydrogen-bond acceptors (Lipinski definition) is 4. The van der Waals surface area contributed by atoms with Gasteiger partial charge < -0.3 is 9.29 Å². The molecule has 1 aromatic carbocycles. The van der Waals surface area contributed by atoms with Gasteiger partial charge in [0.15, 0.2) is 0 Å². The second-order valence-electron chi connectivity index (χ2n) is 2.82. The molecule has 0 aliphatic rings. The van der Waals surface area contributed by atoms with E-state index < -0.39 is 27.8 Å². The molecule has 0 bridgehead atoms. The van der Waals surface area contributed by atoms with Crippen LogP contribution < -0.4 is 29.6 Å². The molecule has 0 fully saturated rings. The molecule has 1 rings (SSSR count). The summed E-state index contributed by atoms with van der Waals surface area (Å²) in [6.07, 6.45) is 0. The van der Waals surface area contributed by atoms with E-state index >= 15 is 0 Å². The molecule has 0 saturated carbocycles. The van der Waals surface area contributed by atoms with Crippen LogP contribution in [0.5, 0.6) is 0 Å². The van der Waals surface area contributed by atoms with Crippen LogP contribution in [0.3, 0.4) is 0 Å². The number of methoxy groups -OCH3 is 1. The van der Waals surface area contributed by atoms with Crippen molar-refractivity contribution in [3.63, 3.8) is 0 Å². The van der Waals surface area contributed by atoms with E-state index in [1.165, 1.54) is 14.0 Å². The monoisotopic (exact) mass is 254 g/mol. The summed E-state index contributed by atoms with van der Waals surface area (Å²) >= 11 is -2.71. The zero-order valence-electron chi connectivity index (χ0n) is 9.07. The van der Waals surface area contributed by atoms with Crippen molar-refractivity contribution in [3.8, 4) is 0 Å². The Balaban J connectivity index is 0.00000225. The van der Waals surface area contributed by atoms with Crippen LogP contribution in [0.15, 0.2) is 17.0 Å². The van der Waals surface area contributed by atoms with Crippen molar-refractivity contribution in [2.45, 2.75) is 11.8 Å². The number of halogens is 1. The predicted molar refractivity (Wildman–Crippen MR) is 49.7 cm³/mol. The summed E-state index contributed by atoms with van der Waals surface area (Å²) < 4.78 is 38.7. The number of rotatable bonds is 2. The van der Waals surface area contributed by atoms with E-state index in [9.17, 15) is 17.9 Å². The molecule has 7 heteroatoms. The van der Waals surface area contributed by atoms with Crippen molar-refractivity contribution >= 4 is 17.0 Å². The molecule has 0 spiro atoms. The zero-order chi connectivity index (χ0) is 11.6. The summed E-state index contributed by atoms with van der Waals surface area (Å²) in [5.41, 5.74) is 0.367. The van der Waals surface area contributed by atoms with Gasteiger partial charge in [0.2, 0.25) is 0 Å². The molecule has 1 atom stereocenters. The normalized spacial score (nSPS) is 11.5. The smallest absolute Gasteiger partial charge is 0.768 e. The molecular weight excluding hydrogens is 246 g/mol. The van der Waals surface area contributed by atoms with Gasteiger partial charge in [-0.15, -0.1) is 0 Å². The largest absolute Gasteiger partial charge is 1.00 e. The van der Waals surface area contributed by atoms with Gasteiger partial charge >= 0.3 is 35.5 Å². The van der Waals surface area contributed by atoms with Crippen LogP contribution >= 0.6 is 0 Å². The van der Waals surface area contributed by atoms with Gasteiger partial charge in [0, 0.05) is 0 Å². The minimum Gasteiger partial charge on any atom is -0.768 e. The number of hydrogen-bond donors (Lipinski definition) is 0. The summed E-state index contributed by atoms with van der Waals surface area (Å²) in [5.74, 6) is -1.58. The first kappa shape index (κ1) is 15.7. The van der Waals surface area contributed by atoms with Gasteiger partial charge in [-0.25, -0.2) is 9.18 Å². The maximum Gasteiger partial charge on any atom is 1.00 e. The number of carbonyl (C=O) groups excluding carboxylic acids is 1. The Bertz CT molecular complexity index is 436. The molecule has 0 aliphatic heterocycles. The average Bonchev–Trinajstić information content (AvgIpc) is 2.16. The van der Waals surface area contributed by atoms with E-state index in [0.29, 0.717) is 5.56 Å². The van der Waals surface area contributed by atoms with Gasteiger partial charge in [-0.2, -0.15) is 0 Å². The average molecular weight is 254 g/mol. The minimum atomic E-state index is -2.71. The molecule has 0 heterocycles. The van der Waals surface area contributed by atoms with E-state index in [2.05, 4.69) is 4.74 Å². The third kappa shape index (κ3) is 3.36. The molecule has 0 amide bonds. The SMILES string of the molecule is COC(=O)c1cc(S(=O)[O-])c(F)cc1C.[Na+]. The standard InChI is InChI=1S/C9H9FO4S.Na/c1-5-3-7(10)8(15(12)13)4-6(5)9(11)14-2;/h3-4H,1-2H3,(H,12,13);/q;+1/p-1. The number of aryl methyl sites for hydroxylation is 1. The van der Waals surface area contributed by atoms with Crippen LogP contribution in [0.25, 0.3) is 0 Å². The fraction of sp³-hybridized carbons (Fsp3) is 0.222. The maximum absolute atomic E-state index is 13.1. The maximum atomic E-state index is 13.1. The van der Waals surface area contributed by atoms with Crippen molar-refractivity contribution in [2.24, 2.45) is 0 Å². The Morgan fingerprint density at radius 2 is 2.06 bits per heavy atom. The summed E-state index contributed by atoms with van der Waals surface area (Å²) in [5, 5.41) is 0. The number of ether oxygens (including phenoxy) is 1. The second kappa shape index (κ2) is 6.46. The predicted octanol–water partition coefficient (Wildman–Crippen LogP) is -1.84. The summed E-state index contributed by atoms with van der Waals surface area (Å²) in [6.45, 7) is 1.49. The first-order valence-electron chi connectivity index (χ1n) is 3.95. The van der Waals surface area contributed by atoms with Crippen molar-refractivity contribution < 1.29 is 52.2 Å². The number of esters is 1. The molecule has 82 valence electrons. The quantitative estimate of drug-likeness (QED) is 0.353. The van der Waals surface area contributed by atoms with Crippen molar-refractivity contribution in [1.29, 1.82) is 0 Å². The van der Waals surface area contributed by atoms with E-state index in [0.717, 1.165) is 12.1 Å². The van der Waals surface area contributed by atoms with Crippen LogP contribution in [0.1, 0.15) is 15.9 Å². The van der Waals surface area contributed by atoms with E-state index in [-0.39, 0.29) is 35.1 Å². The van der Waals surface area contributed by atoms with E-state index in [4.69, 9.17) is 0 Å². The van der Waals surface area contributed by atoms with Gasteiger partial charge in [-0.1, -0.05) is 0 Å². The molecule has 4 nitrogen and oxygen atoms in total. The molecule has 0 aromatic heterocycles. The molecule has 0 saturated heterocycles. The van der Waals surface area contributed by atoms with Crippen LogP contribution in [0.4, 0.5) is 4.39 Å². The third-order valence-electron chi connectivity index (χ3n) is 1.86. The second-order valence-corrected chi connectivity index (χ2v) is 3.73. The van der Waals surface area contributed by atoms with Gasteiger partial charge in [-0.05, 0) is 35.7 Å². The summed E-state index contributed by atoms with van der Waals surface area (Å²) in [7, 11) is 1.17. The molecule has 1 unspecified atom stereocenters. The molecule has 1 aromatic rings. The van der Waals surface area contributed by atoms with Crippen LogP contribution in [0, 0.1) is 12.7 Å². The summed E-state index contributed by atoms with van der Waals surface area (Å²) in [4.78, 5) is 10.6. The van der Waals surface area contributed by atoms with Gasteiger partial charge in [0.25, 0.3) is 0 Å². The Morgan fingerprint density at radius 1 is 1.50 bits per heavy atom. The Morgan fingerprint density at radius 3 is 2.50 bits per heavy atom. The molecule has 0 N–H and O–H groups in total. The minimum absolute atomic E-state index is 0. The Kier molecular flexibility index (Phi) is 6.35. The van der Waals surface area contributed by atoms with Gasteiger partial charge in [-0.3, -0.25) is 4.21 Å². The number of carbonyl (C=O) groups is 1. The molecule has 0 radical (unpaired) electrons. The van der Waals surface area contributed by atoms with E-state index in [1.54, 1.807) is 0 Å². The Hall–Kier alpha value is -0.270. The topological polar surface area (TPSA) is 66.4 Å². The van der Waals surface area contributed by atoms with Crippen LogP contribution in [0.2, 0.25) is 0 Å². The molecule has 16 heavy (non-hydrogen) atoms. The van der Waals surface area contributed by atoms with E-state index in [1.807, 2.05) is 0 Å². The Labute approximate surface area is 117 Å². The van der Waals surface area contributed by atoms with Gasteiger partial charge in [0.05, 0.1) is 17.6 Å². The fourth-order valence-electron chi connectivity index (χ4n) is 1.11. The van der Waals surface area contributed by atoms with Crippen molar-refractivity contribution in [3.05, 3.63) is 29.1 Å². The number of benzene rings is 1. The summed E-state index contributed by atoms with van der Waals surface area (Å²) in [6, 6.07) is 1.94. The first-order chi connectivity index (χ1) is 6.97. The van der Waals surface area contributed by atoms with Gasteiger partial charge in [0.1, 0.15) is 5.82 Å². The van der Waals surface area contributed by atoms with Crippen LogP contribution in [-0.2, 0) is 15.8 Å². The first-order valence-corrected chi connectivity index (χ1v) is 5.02. The van der Waals surface area contributed by atoms with Crippen molar-refractivity contribution in [1.82, 2.24) is 0 Å².